The van der Waals surface area contributed by atoms with Crippen molar-refractivity contribution in [2.45, 2.75) is 48.6 Å². The monoisotopic (exact) mass is 466 g/mol. The number of nitrogens with zero attached hydrogens (tertiary/aromatic N) is 2. The summed E-state index contributed by atoms with van der Waals surface area (Å²) in [6.45, 7) is 0. The van der Waals surface area contributed by atoms with Crippen LogP contribution in [0.1, 0.15) is 0 Å². The van der Waals surface area contributed by atoms with E-state index < -0.39 is 58.4 Å². The van der Waals surface area contributed by atoms with Crippen LogP contribution in [0.15, 0.2) is 0 Å². The molecule has 0 amide bonds. The molecule has 1 saturated heterocycles. The summed E-state index contributed by atoms with van der Waals surface area (Å²) >= 11 is 0. The van der Waals surface area contributed by atoms with E-state index in [1.165, 1.54) is 0 Å². The molecule has 0 aliphatic carbocycles. The molecule has 0 radical (unpaired) electrons. The summed E-state index contributed by atoms with van der Waals surface area (Å²) in [5.74, 6) is -8.28. The van der Waals surface area contributed by atoms with Crippen LogP contribution >= 0.6 is 0 Å². The molecule has 0 N–H and O–H groups in total. The highest BCUT2D eigenvalue weighted by atomic mass is 19.4. The first-order chi connectivity index (χ1) is 11.7. The fourth-order valence-corrected chi connectivity index (χ4v) is 1.88. The molecule has 0 aromatic rings. The van der Waals surface area contributed by atoms with E-state index in [-0.39, 0.29) is 0 Å². The van der Waals surface area contributed by atoms with E-state index in [2.05, 4.69) is 0 Å². The van der Waals surface area contributed by atoms with Crippen LogP contribution in [0.25, 0.3) is 0 Å². The van der Waals surface area contributed by atoms with Crippen LogP contribution in [0, 0.1) is 0 Å². The van der Waals surface area contributed by atoms with Crippen molar-refractivity contribution in [3.8, 4) is 0 Å². The Balaban J connectivity index is 4.15. The fraction of sp³-hybridized carbons (Fsp3) is 1.00. The average Bonchev–Trinajstić information content (AvgIpc) is 2.32. The van der Waals surface area contributed by atoms with Gasteiger partial charge in [0.2, 0.25) is 0 Å². The molecule has 0 bridgehead atoms. The summed E-state index contributed by atoms with van der Waals surface area (Å²) in [5, 5.41) is 0. The third-order valence-electron chi connectivity index (χ3n) is 3.12. The Morgan fingerprint density at radius 3 is 1.00 bits per heavy atom. The number of hydrogen-bond acceptors (Lipinski definition) is 2. The molecular formula is C8F18N2. The zero-order chi connectivity index (χ0) is 23.2. The van der Waals surface area contributed by atoms with Crippen molar-refractivity contribution in [1.29, 1.82) is 0 Å². The summed E-state index contributed by atoms with van der Waals surface area (Å²) in [5.41, 5.74) is 0. The maximum Gasteiger partial charge on any atom is 0.469 e. The Bertz CT molecular complexity index is 612. The van der Waals surface area contributed by atoms with E-state index in [4.69, 9.17) is 0 Å². The van der Waals surface area contributed by atoms with Crippen LogP contribution in [-0.2, 0) is 0 Å². The van der Waals surface area contributed by atoms with Gasteiger partial charge >= 0.3 is 48.6 Å². The van der Waals surface area contributed by atoms with Crippen LogP contribution in [0.4, 0.5) is 79.0 Å². The van der Waals surface area contributed by atoms with Crippen molar-refractivity contribution < 1.29 is 79.0 Å². The third-order valence-corrected chi connectivity index (χ3v) is 3.12. The van der Waals surface area contributed by atoms with Crippen molar-refractivity contribution in [3.63, 3.8) is 0 Å². The van der Waals surface area contributed by atoms with Gasteiger partial charge in [-0.05, 0) is 0 Å². The number of rotatable bonds is 1. The molecule has 20 heteroatoms. The number of alkyl halides is 18. The number of halogens is 18. The lowest BCUT2D eigenvalue weighted by molar-refractivity contribution is -0.488. The van der Waals surface area contributed by atoms with Crippen molar-refractivity contribution in [2.24, 2.45) is 0 Å². The highest BCUT2D eigenvalue weighted by Gasteiger charge is 2.95. The predicted molar refractivity (Wildman–Crippen MR) is 45.5 cm³/mol. The summed E-state index contributed by atoms with van der Waals surface area (Å²) in [7, 11) is 0. The first-order valence-electron chi connectivity index (χ1n) is 5.74. The van der Waals surface area contributed by atoms with Gasteiger partial charge in [0.1, 0.15) is 0 Å². The maximum atomic E-state index is 13.4. The van der Waals surface area contributed by atoms with E-state index in [1.807, 2.05) is 0 Å². The average molecular weight is 466 g/mol. The summed E-state index contributed by atoms with van der Waals surface area (Å²) < 4.78 is 232. The summed E-state index contributed by atoms with van der Waals surface area (Å²) in [6.07, 6.45) is -15.6. The molecule has 2 nitrogen and oxygen atoms in total. The van der Waals surface area contributed by atoms with E-state index in [0.717, 1.165) is 0 Å². The van der Waals surface area contributed by atoms with Crippen LogP contribution in [0.2, 0.25) is 0 Å². The molecule has 0 aromatic heterocycles. The highest BCUT2D eigenvalue weighted by molar-refractivity contribution is 5.09. The van der Waals surface area contributed by atoms with Gasteiger partial charge in [-0.15, -0.1) is 4.90 Å². The summed E-state index contributed by atoms with van der Waals surface area (Å²) in [6, 6.07) is -41.1. The van der Waals surface area contributed by atoms with Gasteiger partial charge in [0.05, 0.1) is 0 Å². The van der Waals surface area contributed by atoms with Gasteiger partial charge in [-0.3, -0.25) is 0 Å². The lowest BCUT2D eigenvalue weighted by Crippen LogP contribution is -2.73. The highest BCUT2D eigenvalue weighted by Crippen LogP contribution is 2.65. The van der Waals surface area contributed by atoms with E-state index in [9.17, 15) is 79.0 Å². The molecule has 168 valence electrons. The largest absolute Gasteiger partial charge is 0.469 e. The zero-order valence-corrected chi connectivity index (χ0v) is 11.7. The smallest absolute Gasteiger partial charge is 0.189 e. The Kier molecular flexibility index (Phi) is 4.96. The second kappa shape index (κ2) is 5.63. The lowest BCUT2D eigenvalue weighted by Gasteiger charge is -2.42. The molecule has 1 rings (SSSR count). The minimum absolute atomic E-state index is 4.52. The van der Waals surface area contributed by atoms with E-state index >= 15 is 0 Å². The Hall–Kier alpha value is -1.34. The van der Waals surface area contributed by atoms with E-state index in [0.29, 0.717) is 0 Å². The first kappa shape index (κ1) is 24.7. The fourth-order valence-electron chi connectivity index (χ4n) is 1.88. The third kappa shape index (κ3) is 2.76. The van der Waals surface area contributed by atoms with Gasteiger partial charge in [0.25, 0.3) is 0 Å². The van der Waals surface area contributed by atoms with Gasteiger partial charge in [0.15, 0.2) is 0 Å². The van der Waals surface area contributed by atoms with Crippen LogP contribution in [0.5, 0.6) is 0 Å². The first-order valence-corrected chi connectivity index (χ1v) is 5.74. The Labute approximate surface area is 139 Å². The second-order valence-corrected chi connectivity index (χ2v) is 4.92. The van der Waals surface area contributed by atoms with Crippen LogP contribution in [-0.4, -0.2) is 58.4 Å². The van der Waals surface area contributed by atoms with Crippen molar-refractivity contribution >= 4 is 0 Å². The van der Waals surface area contributed by atoms with Gasteiger partial charge in [0, 0.05) is 0 Å². The molecule has 0 saturated carbocycles. The van der Waals surface area contributed by atoms with Crippen LogP contribution < -0.4 is 0 Å². The molecule has 0 spiro atoms. The molecule has 1 aliphatic rings. The Morgan fingerprint density at radius 1 is 0.429 bits per heavy atom. The van der Waals surface area contributed by atoms with E-state index in [1.54, 1.807) is 0 Å². The lowest BCUT2D eigenvalue weighted by atomic mass is 10.2. The molecule has 0 aromatic carbocycles. The minimum Gasteiger partial charge on any atom is -0.189 e. The molecular weight excluding hydrogens is 466 g/mol. The second-order valence-electron chi connectivity index (χ2n) is 4.92. The molecule has 0 atom stereocenters. The van der Waals surface area contributed by atoms with Crippen molar-refractivity contribution in [3.05, 3.63) is 0 Å². The van der Waals surface area contributed by atoms with Crippen molar-refractivity contribution in [2.75, 3.05) is 0 Å². The van der Waals surface area contributed by atoms with Gasteiger partial charge < -0.3 is 0 Å². The summed E-state index contributed by atoms with van der Waals surface area (Å²) in [4.78, 5) is -9.24. The predicted octanol–water partition coefficient (Wildman–Crippen LogP) is 5.29. The Morgan fingerprint density at radius 2 is 0.714 bits per heavy atom. The quantitative estimate of drug-likeness (QED) is 0.383. The molecule has 1 aliphatic heterocycles. The normalized spacial score (nSPS) is 28.1. The maximum absolute atomic E-state index is 13.4. The standard InChI is InChI=1S/C8F18N2/c9-1(10)3(14,15)27(5(18,19)2(11,12)13)6(20,21)7(22,23)28(4(1,16)17)8(24,25)26. The number of hydrogen-bond donors (Lipinski definition) is 0. The minimum atomic E-state index is -8.30. The van der Waals surface area contributed by atoms with Crippen LogP contribution in [0.3, 0.4) is 0 Å². The van der Waals surface area contributed by atoms with Crippen molar-refractivity contribution in [1.82, 2.24) is 9.80 Å². The molecule has 1 fully saturated rings. The molecule has 0 unspecified atom stereocenters. The van der Waals surface area contributed by atoms with Gasteiger partial charge in [-0.25, -0.2) is 0 Å². The topological polar surface area (TPSA) is 6.48 Å². The SMILES string of the molecule is FC(F)(F)N1C(F)(F)C(F)(F)N(C(F)(F)C(F)(F)F)C(F)(F)C(F)(F)C1(F)F. The zero-order valence-electron chi connectivity index (χ0n) is 11.7. The van der Waals surface area contributed by atoms with Gasteiger partial charge in [-0.1, -0.05) is 4.90 Å². The molecule has 28 heavy (non-hydrogen) atoms. The van der Waals surface area contributed by atoms with Gasteiger partial charge in [-0.2, -0.15) is 79.0 Å². The molecule has 1 heterocycles.